The number of rotatable bonds is 5. The number of anilines is 2. The fourth-order valence-electron chi connectivity index (χ4n) is 2.57. The lowest BCUT2D eigenvalue weighted by Crippen LogP contribution is -2.23. The van der Waals surface area contributed by atoms with Gasteiger partial charge in [-0.2, -0.15) is 13.2 Å². The Bertz CT molecular complexity index is 860. The van der Waals surface area contributed by atoms with Gasteiger partial charge in [0.15, 0.2) is 5.16 Å². The molecule has 0 unspecified atom stereocenters. The Morgan fingerprint density at radius 2 is 2.11 bits per heavy atom. The normalized spacial score (nSPS) is 14.5. The average molecular weight is 396 g/mol. The maximum atomic E-state index is 12.6. The number of carbonyl (C=O) groups excluding carboxylic acids is 2. The Morgan fingerprint density at radius 3 is 2.81 bits per heavy atom. The summed E-state index contributed by atoms with van der Waals surface area (Å²) in [6, 6.07) is 7.64. The van der Waals surface area contributed by atoms with E-state index in [0.29, 0.717) is 24.3 Å². The van der Waals surface area contributed by atoms with Crippen LogP contribution in [0.1, 0.15) is 18.5 Å². The van der Waals surface area contributed by atoms with Gasteiger partial charge in [-0.3, -0.25) is 9.59 Å². The molecule has 1 aliphatic rings. The third-order valence-corrected chi connectivity index (χ3v) is 4.63. The van der Waals surface area contributed by atoms with Crippen molar-refractivity contribution in [3.63, 3.8) is 0 Å². The van der Waals surface area contributed by atoms with Crippen LogP contribution in [0.3, 0.4) is 0 Å². The third-order valence-electron chi connectivity index (χ3n) is 3.77. The molecule has 142 valence electrons. The highest BCUT2D eigenvalue weighted by molar-refractivity contribution is 7.99. The lowest BCUT2D eigenvalue weighted by molar-refractivity contribution is -0.141. The molecule has 0 aliphatic carbocycles. The Morgan fingerprint density at radius 1 is 1.30 bits per heavy atom. The smallest absolute Gasteiger partial charge is 0.325 e. The highest BCUT2D eigenvalue weighted by atomic mass is 32.2. The molecular weight excluding hydrogens is 381 g/mol. The quantitative estimate of drug-likeness (QED) is 0.620. The Hall–Kier alpha value is -2.62. The minimum atomic E-state index is -4.56. The molecule has 0 spiro atoms. The number of amides is 2. The zero-order valence-electron chi connectivity index (χ0n) is 14.0. The minimum Gasteiger partial charge on any atom is -0.325 e. The molecule has 0 atom stereocenters. The number of aromatic nitrogens is 2. The van der Waals surface area contributed by atoms with Crippen molar-refractivity contribution in [2.45, 2.75) is 24.2 Å². The zero-order chi connectivity index (χ0) is 19.4. The summed E-state index contributed by atoms with van der Waals surface area (Å²) in [4.78, 5) is 32.7. The third kappa shape index (κ3) is 4.97. The van der Waals surface area contributed by atoms with E-state index in [1.165, 1.54) is 0 Å². The van der Waals surface area contributed by atoms with Gasteiger partial charge in [0.25, 0.3) is 0 Å². The lowest BCUT2D eigenvalue weighted by atomic mass is 10.2. The van der Waals surface area contributed by atoms with E-state index in [1.54, 1.807) is 29.2 Å². The van der Waals surface area contributed by atoms with E-state index in [4.69, 9.17) is 0 Å². The summed E-state index contributed by atoms with van der Waals surface area (Å²) in [6.07, 6.45) is -2.26. The van der Waals surface area contributed by atoms with Crippen molar-refractivity contribution < 1.29 is 22.8 Å². The van der Waals surface area contributed by atoms with Gasteiger partial charge in [0.1, 0.15) is 5.69 Å². The summed E-state index contributed by atoms with van der Waals surface area (Å²) in [5, 5.41) is 2.53. The number of nitrogens with one attached hydrogen (secondary N) is 1. The summed E-state index contributed by atoms with van der Waals surface area (Å²) in [6.45, 7) is 0.638. The predicted octanol–water partition coefficient (Wildman–Crippen LogP) is 3.35. The molecule has 1 aromatic heterocycles. The highest BCUT2D eigenvalue weighted by Gasteiger charge is 2.32. The van der Waals surface area contributed by atoms with Gasteiger partial charge < -0.3 is 10.2 Å². The number of nitrogens with zero attached hydrogens (tertiary/aromatic N) is 3. The van der Waals surface area contributed by atoms with Gasteiger partial charge in [0.05, 0.1) is 5.75 Å². The highest BCUT2D eigenvalue weighted by Crippen LogP contribution is 2.28. The number of halogens is 3. The van der Waals surface area contributed by atoms with Crippen molar-refractivity contribution in [1.82, 2.24) is 9.97 Å². The first-order valence-electron chi connectivity index (χ1n) is 8.06. The molecular formula is C17H15F3N4O2S. The maximum Gasteiger partial charge on any atom is 0.433 e. The van der Waals surface area contributed by atoms with E-state index in [-0.39, 0.29) is 16.8 Å². The standard InChI is InChI=1S/C17H15F3N4O2S/c18-17(19,20)13-6-7-21-16(23-13)27-10-14(25)22-11-3-1-4-12(9-11)24-8-2-5-15(24)26/h1,3-4,6-7,9H,2,5,8,10H2,(H,22,25). The molecule has 3 rings (SSSR count). The molecule has 0 radical (unpaired) electrons. The predicted molar refractivity (Wildman–Crippen MR) is 94.4 cm³/mol. The molecule has 1 aliphatic heterocycles. The van der Waals surface area contributed by atoms with Gasteiger partial charge in [0.2, 0.25) is 11.8 Å². The largest absolute Gasteiger partial charge is 0.433 e. The molecule has 1 saturated heterocycles. The molecule has 10 heteroatoms. The van der Waals surface area contributed by atoms with Crippen molar-refractivity contribution in [2.75, 3.05) is 22.5 Å². The molecule has 6 nitrogen and oxygen atoms in total. The maximum absolute atomic E-state index is 12.6. The van der Waals surface area contributed by atoms with E-state index in [0.717, 1.165) is 30.4 Å². The second-order valence-electron chi connectivity index (χ2n) is 5.76. The van der Waals surface area contributed by atoms with E-state index in [9.17, 15) is 22.8 Å². The second-order valence-corrected chi connectivity index (χ2v) is 6.70. The van der Waals surface area contributed by atoms with E-state index >= 15 is 0 Å². The van der Waals surface area contributed by atoms with Gasteiger partial charge in [-0.05, 0) is 30.7 Å². The van der Waals surface area contributed by atoms with E-state index in [1.807, 2.05) is 0 Å². The average Bonchev–Trinajstić information content (AvgIpc) is 3.06. The first-order chi connectivity index (χ1) is 12.8. The van der Waals surface area contributed by atoms with Crippen LogP contribution < -0.4 is 10.2 Å². The van der Waals surface area contributed by atoms with Gasteiger partial charge in [-0.1, -0.05) is 17.8 Å². The van der Waals surface area contributed by atoms with Crippen LogP contribution in [0.4, 0.5) is 24.5 Å². The SMILES string of the molecule is O=C(CSc1nccc(C(F)(F)F)n1)Nc1cccc(N2CCCC2=O)c1. The van der Waals surface area contributed by atoms with Crippen LogP contribution >= 0.6 is 11.8 Å². The molecule has 1 fully saturated rings. The van der Waals surface area contributed by atoms with Crippen LogP contribution in [0.25, 0.3) is 0 Å². The molecule has 1 aromatic carbocycles. The first-order valence-corrected chi connectivity index (χ1v) is 9.05. The summed E-state index contributed by atoms with van der Waals surface area (Å²) in [7, 11) is 0. The van der Waals surface area contributed by atoms with Crippen LogP contribution in [-0.2, 0) is 15.8 Å². The van der Waals surface area contributed by atoms with Crippen LogP contribution in [0, 0.1) is 0 Å². The Kier molecular flexibility index (Phi) is 5.64. The number of benzene rings is 1. The number of carbonyl (C=O) groups is 2. The van der Waals surface area contributed by atoms with Crippen molar-refractivity contribution in [3.05, 3.63) is 42.2 Å². The van der Waals surface area contributed by atoms with E-state index < -0.39 is 17.8 Å². The summed E-state index contributed by atoms with van der Waals surface area (Å²) >= 11 is 0.809. The summed E-state index contributed by atoms with van der Waals surface area (Å²) in [5.74, 6) is -0.518. The molecule has 2 heterocycles. The van der Waals surface area contributed by atoms with Crippen molar-refractivity contribution >= 4 is 35.0 Å². The van der Waals surface area contributed by atoms with Gasteiger partial charge in [0, 0.05) is 30.5 Å². The van der Waals surface area contributed by atoms with Gasteiger partial charge in [-0.15, -0.1) is 0 Å². The van der Waals surface area contributed by atoms with Crippen molar-refractivity contribution in [3.8, 4) is 0 Å². The van der Waals surface area contributed by atoms with Gasteiger partial charge >= 0.3 is 6.18 Å². The molecule has 1 N–H and O–H groups in total. The summed E-state index contributed by atoms with van der Waals surface area (Å²) < 4.78 is 37.9. The van der Waals surface area contributed by atoms with Gasteiger partial charge in [-0.25, -0.2) is 9.97 Å². The van der Waals surface area contributed by atoms with Crippen LogP contribution in [0.15, 0.2) is 41.7 Å². The molecule has 0 bridgehead atoms. The summed E-state index contributed by atoms with van der Waals surface area (Å²) in [5.41, 5.74) is 0.148. The molecule has 0 saturated carbocycles. The topological polar surface area (TPSA) is 75.2 Å². The number of alkyl halides is 3. The fourth-order valence-corrected chi connectivity index (χ4v) is 3.20. The van der Waals surface area contributed by atoms with Crippen LogP contribution in [-0.4, -0.2) is 34.1 Å². The molecule has 2 amide bonds. The van der Waals surface area contributed by atoms with Crippen molar-refractivity contribution in [1.29, 1.82) is 0 Å². The van der Waals surface area contributed by atoms with Crippen LogP contribution in [0.2, 0.25) is 0 Å². The Balaban J connectivity index is 1.59. The number of hydrogen-bond acceptors (Lipinski definition) is 5. The number of hydrogen-bond donors (Lipinski definition) is 1. The fraction of sp³-hybridized carbons (Fsp3) is 0.294. The monoisotopic (exact) mass is 396 g/mol. The number of thioether (sulfide) groups is 1. The first kappa shape index (κ1) is 19.2. The van der Waals surface area contributed by atoms with Crippen molar-refractivity contribution in [2.24, 2.45) is 0 Å². The molecule has 2 aromatic rings. The van der Waals surface area contributed by atoms with Crippen LogP contribution in [0.5, 0.6) is 0 Å². The van der Waals surface area contributed by atoms with E-state index in [2.05, 4.69) is 15.3 Å². The zero-order valence-corrected chi connectivity index (χ0v) is 14.8. The second kappa shape index (κ2) is 7.95. The minimum absolute atomic E-state index is 0.0377. The lowest BCUT2D eigenvalue weighted by Gasteiger charge is -2.16. The molecule has 27 heavy (non-hydrogen) atoms. The Labute approximate surface area is 157 Å².